The molecule has 8 heteroatoms. The molecule has 0 radical (unpaired) electrons. The van der Waals surface area contributed by atoms with Crippen molar-refractivity contribution in [3.8, 4) is 0 Å². The predicted octanol–water partition coefficient (Wildman–Crippen LogP) is 2.08. The summed E-state index contributed by atoms with van der Waals surface area (Å²) in [5, 5.41) is 0.798. The summed E-state index contributed by atoms with van der Waals surface area (Å²) in [4.78, 5) is 4.51. The van der Waals surface area contributed by atoms with Crippen LogP contribution in [-0.4, -0.2) is 54.4 Å². The van der Waals surface area contributed by atoms with Crippen molar-refractivity contribution in [2.45, 2.75) is 32.6 Å². The van der Waals surface area contributed by atoms with Gasteiger partial charge in [-0.2, -0.15) is 17.0 Å². The third kappa shape index (κ3) is 3.56. The summed E-state index contributed by atoms with van der Waals surface area (Å²) < 4.78 is 35.1. The van der Waals surface area contributed by atoms with Crippen molar-refractivity contribution in [2.24, 2.45) is 0 Å². The van der Waals surface area contributed by atoms with Gasteiger partial charge in [-0.25, -0.2) is 4.98 Å². The highest BCUT2D eigenvalue weighted by Crippen LogP contribution is 2.24. The monoisotopic (exact) mass is 355 g/mol. The number of rotatable bonds is 4. The number of aromatic nitrogens is 1. The molecular formula is C15H21N3O3S2. The maximum atomic E-state index is 12.8. The number of para-hydroxylation sites is 1. The molecule has 0 spiro atoms. The van der Waals surface area contributed by atoms with E-state index in [4.69, 9.17) is 4.74 Å². The molecular weight excluding hydrogens is 334 g/mol. The van der Waals surface area contributed by atoms with Crippen LogP contribution in [0.1, 0.15) is 18.9 Å². The van der Waals surface area contributed by atoms with Crippen LogP contribution in [0, 0.1) is 0 Å². The van der Waals surface area contributed by atoms with Gasteiger partial charge in [0.1, 0.15) is 5.01 Å². The van der Waals surface area contributed by atoms with Crippen LogP contribution in [-0.2, 0) is 21.5 Å². The Kier molecular flexibility index (Phi) is 4.70. The maximum absolute atomic E-state index is 12.8. The van der Waals surface area contributed by atoms with Crippen LogP contribution in [0.15, 0.2) is 24.3 Å². The summed E-state index contributed by atoms with van der Waals surface area (Å²) in [5.41, 5.74) is 0.909. The Balaban J connectivity index is 1.77. The molecule has 1 aliphatic heterocycles. The first-order valence-corrected chi connectivity index (χ1v) is 9.79. The maximum Gasteiger partial charge on any atom is 0.282 e. The van der Waals surface area contributed by atoms with Gasteiger partial charge in [-0.3, -0.25) is 0 Å². The molecule has 2 heterocycles. The molecule has 1 aromatic carbocycles. The minimum atomic E-state index is -3.51. The van der Waals surface area contributed by atoms with E-state index in [1.54, 1.807) is 7.05 Å². The SMILES string of the molecule is C[C@@H]1CN(S(=O)(=O)N(C)Cc2nc3ccccc3s2)C[C@H](C)O1. The summed E-state index contributed by atoms with van der Waals surface area (Å²) in [7, 11) is -1.91. The zero-order valence-electron chi connectivity index (χ0n) is 13.5. The van der Waals surface area contributed by atoms with Crippen molar-refractivity contribution in [3.63, 3.8) is 0 Å². The Morgan fingerprint density at radius 2 is 1.96 bits per heavy atom. The van der Waals surface area contributed by atoms with Crippen LogP contribution < -0.4 is 0 Å². The van der Waals surface area contributed by atoms with Gasteiger partial charge < -0.3 is 4.74 Å². The van der Waals surface area contributed by atoms with E-state index in [1.165, 1.54) is 19.9 Å². The van der Waals surface area contributed by atoms with Gasteiger partial charge in [0.25, 0.3) is 10.2 Å². The molecule has 0 amide bonds. The second kappa shape index (κ2) is 6.45. The van der Waals surface area contributed by atoms with Crippen LogP contribution in [0.4, 0.5) is 0 Å². The second-order valence-corrected chi connectivity index (χ2v) is 9.06. The van der Waals surface area contributed by atoms with Gasteiger partial charge in [0.15, 0.2) is 0 Å². The number of benzene rings is 1. The molecule has 2 aromatic rings. The molecule has 0 unspecified atom stereocenters. The molecule has 0 N–H and O–H groups in total. The number of ether oxygens (including phenoxy) is 1. The Morgan fingerprint density at radius 1 is 1.30 bits per heavy atom. The molecule has 1 aliphatic rings. The summed E-state index contributed by atoms with van der Waals surface area (Å²) in [6.07, 6.45) is -0.186. The summed E-state index contributed by atoms with van der Waals surface area (Å²) >= 11 is 1.53. The predicted molar refractivity (Wildman–Crippen MR) is 91.6 cm³/mol. The molecule has 1 saturated heterocycles. The van der Waals surface area contributed by atoms with Crippen LogP contribution in [0.25, 0.3) is 10.2 Å². The second-order valence-electron chi connectivity index (χ2n) is 5.91. The highest BCUT2D eigenvalue weighted by molar-refractivity contribution is 7.86. The van der Waals surface area contributed by atoms with E-state index in [0.717, 1.165) is 15.2 Å². The zero-order chi connectivity index (χ0) is 16.6. The van der Waals surface area contributed by atoms with Gasteiger partial charge in [0, 0.05) is 20.1 Å². The fourth-order valence-corrected chi connectivity index (χ4v) is 5.35. The number of fused-ring (bicyclic) bond motifs is 1. The van der Waals surface area contributed by atoms with Crippen molar-refractivity contribution < 1.29 is 13.2 Å². The first-order chi connectivity index (χ1) is 10.9. The van der Waals surface area contributed by atoms with Crippen LogP contribution in [0.5, 0.6) is 0 Å². The van der Waals surface area contributed by atoms with Crippen molar-refractivity contribution in [3.05, 3.63) is 29.3 Å². The third-order valence-electron chi connectivity index (χ3n) is 3.80. The minimum absolute atomic E-state index is 0.0932. The quantitative estimate of drug-likeness (QED) is 0.842. The van der Waals surface area contributed by atoms with Gasteiger partial charge in [-0.1, -0.05) is 12.1 Å². The Bertz CT molecular complexity index is 747. The molecule has 1 fully saturated rings. The van der Waals surface area contributed by atoms with Crippen molar-refractivity contribution in [1.29, 1.82) is 0 Å². The Labute approximate surface area is 140 Å². The van der Waals surface area contributed by atoms with Crippen molar-refractivity contribution >= 4 is 31.8 Å². The van der Waals surface area contributed by atoms with Crippen molar-refractivity contribution in [1.82, 2.24) is 13.6 Å². The summed E-state index contributed by atoms with van der Waals surface area (Å²) in [6, 6.07) is 7.83. The highest BCUT2D eigenvalue weighted by Gasteiger charge is 2.34. The molecule has 1 aromatic heterocycles. The molecule has 6 nitrogen and oxygen atoms in total. The average Bonchev–Trinajstić information content (AvgIpc) is 2.88. The van der Waals surface area contributed by atoms with E-state index < -0.39 is 10.2 Å². The first kappa shape index (κ1) is 16.8. The summed E-state index contributed by atoms with van der Waals surface area (Å²) in [6.45, 7) is 4.84. The molecule has 23 heavy (non-hydrogen) atoms. The van der Waals surface area contributed by atoms with E-state index >= 15 is 0 Å². The average molecular weight is 355 g/mol. The Morgan fingerprint density at radius 3 is 2.61 bits per heavy atom. The Hall–Kier alpha value is -1.06. The highest BCUT2D eigenvalue weighted by atomic mass is 32.2. The number of nitrogens with zero attached hydrogens (tertiary/aromatic N) is 3. The van der Waals surface area contributed by atoms with Crippen LogP contribution in [0.2, 0.25) is 0 Å². The smallest absolute Gasteiger partial charge is 0.282 e. The molecule has 0 aliphatic carbocycles. The lowest BCUT2D eigenvalue weighted by Gasteiger charge is -2.36. The van der Waals surface area contributed by atoms with Gasteiger partial charge >= 0.3 is 0 Å². The van der Waals surface area contributed by atoms with E-state index in [-0.39, 0.29) is 18.8 Å². The molecule has 3 rings (SSSR count). The van der Waals surface area contributed by atoms with E-state index in [0.29, 0.717) is 13.1 Å². The summed E-state index contributed by atoms with van der Waals surface area (Å²) in [5.74, 6) is 0. The third-order valence-corrected chi connectivity index (χ3v) is 6.69. The van der Waals surface area contributed by atoms with Gasteiger partial charge in [0.2, 0.25) is 0 Å². The number of morpholine rings is 1. The van der Waals surface area contributed by atoms with Gasteiger partial charge in [0.05, 0.1) is 29.0 Å². The van der Waals surface area contributed by atoms with E-state index in [9.17, 15) is 8.42 Å². The van der Waals surface area contributed by atoms with Gasteiger partial charge in [-0.05, 0) is 26.0 Å². The zero-order valence-corrected chi connectivity index (χ0v) is 15.1. The number of hydrogen-bond acceptors (Lipinski definition) is 5. The lowest BCUT2D eigenvalue weighted by atomic mass is 10.3. The molecule has 2 atom stereocenters. The van der Waals surface area contributed by atoms with Crippen LogP contribution >= 0.6 is 11.3 Å². The standard InChI is InChI=1S/C15H21N3O3S2/c1-11-8-18(9-12(2)21-11)23(19,20)17(3)10-15-16-13-6-4-5-7-14(13)22-15/h4-7,11-12H,8-10H2,1-3H3/t11-,12+. The number of hydrogen-bond donors (Lipinski definition) is 0. The molecule has 0 saturated carbocycles. The normalized spacial score (nSPS) is 23.7. The van der Waals surface area contributed by atoms with Crippen molar-refractivity contribution in [2.75, 3.05) is 20.1 Å². The van der Waals surface area contributed by atoms with Crippen LogP contribution in [0.3, 0.4) is 0 Å². The first-order valence-electron chi connectivity index (χ1n) is 7.57. The fourth-order valence-electron chi connectivity index (χ4n) is 2.78. The topological polar surface area (TPSA) is 62.7 Å². The molecule has 0 bridgehead atoms. The van der Waals surface area contributed by atoms with E-state index in [2.05, 4.69) is 4.98 Å². The molecule has 126 valence electrons. The van der Waals surface area contributed by atoms with Gasteiger partial charge in [-0.15, -0.1) is 11.3 Å². The van der Waals surface area contributed by atoms with E-state index in [1.807, 2.05) is 38.1 Å². The lowest BCUT2D eigenvalue weighted by Crippen LogP contribution is -2.52. The minimum Gasteiger partial charge on any atom is -0.373 e. The fraction of sp³-hybridized carbons (Fsp3) is 0.533. The largest absolute Gasteiger partial charge is 0.373 e. The number of thiazole rings is 1. The lowest BCUT2D eigenvalue weighted by molar-refractivity contribution is -0.0453.